The van der Waals surface area contributed by atoms with Gasteiger partial charge in [0.25, 0.3) is 5.69 Å². The molecule has 2 aromatic rings. The van der Waals surface area contributed by atoms with Crippen LogP contribution in [0, 0.1) is 27.2 Å². The van der Waals surface area contributed by atoms with E-state index in [1.165, 1.54) is 36.5 Å². The summed E-state index contributed by atoms with van der Waals surface area (Å²) in [6, 6.07) is 6.81. The lowest BCUT2D eigenvalue weighted by Crippen LogP contribution is -1.93. The number of aryl methyl sites for hydroxylation is 1. The van der Waals surface area contributed by atoms with Crippen LogP contribution < -0.4 is 0 Å². The summed E-state index contributed by atoms with van der Waals surface area (Å²) >= 11 is 3.13. The largest absolute Gasteiger partial charge is 0.502 e. The number of non-ortho nitro benzene ring substituents is 1. The van der Waals surface area contributed by atoms with Crippen molar-refractivity contribution in [3.05, 3.63) is 66.2 Å². The predicted octanol–water partition coefficient (Wildman–Crippen LogP) is 4.03. The molecule has 8 nitrogen and oxygen atoms in total. The minimum Gasteiger partial charge on any atom is -0.502 e. The summed E-state index contributed by atoms with van der Waals surface area (Å²) in [5.41, 5.74) is 0.685. The van der Waals surface area contributed by atoms with Crippen molar-refractivity contribution in [2.45, 2.75) is 6.92 Å². The van der Waals surface area contributed by atoms with Crippen LogP contribution in [-0.4, -0.2) is 21.2 Å². The van der Waals surface area contributed by atoms with E-state index < -0.39 is 21.3 Å². The lowest BCUT2D eigenvalue weighted by Gasteiger charge is -2.03. The fraction of sp³-hybridized carbons (Fsp3) is 0.0714. The smallest absolute Gasteiger partial charge is 0.312 e. The summed E-state index contributed by atoms with van der Waals surface area (Å²) in [5.74, 6) is -0.499. The molecule has 2 rings (SSSR count). The molecule has 0 fully saturated rings. The van der Waals surface area contributed by atoms with Gasteiger partial charge < -0.3 is 5.11 Å². The van der Waals surface area contributed by atoms with Crippen molar-refractivity contribution in [2.24, 2.45) is 4.99 Å². The van der Waals surface area contributed by atoms with Gasteiger partial charge in [0, 0.05) is 34.4 Å². The maximum atomic E-state index is 10.9. The van der Waals surface area contributed by atoms with Crippen LogP contribution >= 0.6 is 15.9 Å². The zero-order chi connectivity index (χ0) is 17.1. The molecule has 0 amide bonds. The lowest BCUT2D eigenvalue weighted by molar-refractivity contribution is -0.386. The normalized spacial score (nSPS) is 10.9. The zero-order valence-electron chi connectivity index (χ0n) is 11.8. The molecule has 0 aliphatic carbocycles. The summed E-state index contributed by atoms with van der Waals surface area (Å²) in [5, 5.41) is 31.5. The maximum Gasteiger partial charge on any atom is 0.312 e. The molecule has 0 bridgehead atoms. The Morgan fingerprint density at radius 3 is 2.43 bits per heavy atom. The molecular formula is C14H10BrN3O5. The second-order valence-electron chi connectivity index (χ2n) is 4.61. The quantitative estimate of drug-likeness (QED) is 0.488. The van der Waals surface area contributed by atoms with Crippen LogP contribution in [0.1, 0.15) is 11.1 Å². The van der Waals surface area contributed by atoms with E-state index in [1.807, 2.05) is 0 Å². The molecule has 0 spiro atoms. The standard InChI is InChI=1S/C14H10BrN3O5/c1-8-4-11(17(20)21)2-3-12(8)16-7-9-5-10(15)6-13(14(9)19)18(22)23/h2-7,19H,1H3/b16-7+. The van der Waals surface area contributed by atoms with Gasteiger partial charge in [-0.05, 0) is 24.6 Å². The van der Waals surface area contributed by atoms with Crippen LogP contribution in [0.25, 0.3) is 0 Å². The zero-order valence-corrected chi connectivity index (χ0v) is 13.3. The van der Waals surface area contributed by atoms with E-state index in [2.05, 4.69) is 20.9 Å². The Morgan fingerprint density at radius 1 is 1.17 bits per heavy atom. The van der Waals surface area contributed by atoms with Crippen molar-refractivity contribution in [2.75, 3.05) is 0 Å². The second kappa shape index (κ2) is 6.53. The number of rotatable bonds is 4. The highest BCUT2D eigenvalue weighted by molar-refractivity contribution is 9.10. The number of hydrogen-bond donors (Lipinski definition) is 1. The molecule has 0 aliphatic heterocycles. The van der Waals surface area contributed by atoms with Crippen molar-refractivity contribution in [1.29, 1.82) is 0 Å². The van der Waals surface area contributed by atoms with Crippen LogP contribution in [-0.2, 0) is 0 Å². The number of nitrogens with zero attached hydrogens (tertiary/aromatic N) is 3. The molecule has 23 heavy (non-hydrogen) atoms. The first kappa shape index (κ1) is 16.6. The number of aromatic hydroxyl groups is 1. The fourth-order valence-electron chi connectivity index (χ4n) is 1.88. The van der Waals surface area contributed by atoms with Gasteiger partial charge in [0.2, 0.25) is 5.75 Å². The van der Waals surface area contributed by atoms with Crippen LogP contribution in [0.5, 0.6) is 5.75 Å². The van der Waals surface area contributed by atoms with Crippen LogP contribution in [0.2, 0.25) is 0 Å². The SMILES string of the molecule is Cc1cc([N+](=O)[O-])ccc1/N=C/c1cc(Br)cc([N+](=O)[O-])c1O. The Balaban J connectivity index is 2.41. The van der Waals surface area contributed by atoms with Crippen LogP contribution in [0.3, 0.4) is 0 Å². The van der Waals surface area contributed by atoms with Gasteiger partial charge in [0.15, 0.2) is 0 Å². The first-order valence-electron chi connectivity index (χ1n) is 6.25. The Bertz CT molecular complexity index is 835. The van der Waals surface area contributed by atoms with Gasteiger partial charge in [-0.2, -0.15) is 0 Å². The molecule has 2 aromatic carbocycles. The summed E-state index contributed by atoms with van der Waals surface area (Å²) in [6.45, 7) is 1.66. The summed E-state index contributed by atoms with van der Waals surface area (Å²) < 4.78 is 0.420. The third-order valence-corrected chi connectivity index (χ3v) is 3.47. The molecule has 0 aromatic heterocycles. The molecule has 0 radical (unpaired) electrons. The molecule has 0 heterocycles. The van der Waals surface area contributed by atoms with Gasteiger partial charge in [0.05, 0.1) is 15.5 Å². The summed E-state index contributed by atoms with van der Waals surface area (Å²) in [7, 11) is 0. The number of hydrogen-bond acceptors (Lipinski definition) is 6. The number of phenols is 1. The van der Waals surface area contributed by atoms with Gasteiger partial charge in [-0.15, -0.1) is 0 Å². The van der Waals surface area contributed by atoms with Crippen molar-refractivity contribution >= 4 is 39.2 Å². The molecule has 0 atom stereocenters. The fourth-order valence-corrected chi connectivity index (χ4v) is 2.34. The molecule has 0 aliphatic rings. The van der Waals surface area contributed by atoms with Gasteiger partial charge in [-0.25, -0.2) is 0 Å². The number of nitro groups is 2. The first-order chi connectivity index (χ1) is 10.8. The highest BCUT2D eigenvalue weighted by Crippen LogP contribution is 2.33. The van der Waals surface area contributed by atoms with E-state index >= 15 is 0 Å². The Hall–Kier alpha value is -2.81. The van der Waals surface area contributed by atoms with Gasteiger partial charge in [-0.3, -0.25) is 25.2 Å². The maximum absolute atomic E-state index is 10.9. The molecule has 0 unspecified atom stereocenters. The van der Waals surface area contributed by atoms with E-state index in [0.717, 1.165) is 0 Å². The molecule has 1 N–H and O–H groups in total. The van der Waals surface area contributed by atoms with Crippen LogP contribution in [0.15, 0.2) is 39.8 Å². The van der Waals surface area contributed by atoms with E-state index in [0.29, 0.717) is 15.7 Å². The minimum absolute atomic E-state index is 0.0533. The number of nitro benzene ring substituents is 2. The van der Waals surface area contributed by atoms with Crippen molar-refractivity contribution in [1.82, 2.24) is 0 Å². The highest BCUT2D eigenvalue weighted by atomic mass is 79.9. The first-order valence-corrected chi connectivity index (χ1v) is 7.05. The second-order valence-corrected chi connectivity index (χ2v) is 5.52. The van der Waals surface area contributed by atoms with E-state index in [-0.39, 0.29) is 11.3 Å². The third-order valence-electron chi connectivity index (χ3n) is 3.01. The summed E-state index contributed by atoms with van der Waals surface area (Å²) in [4.78, 5) is 24.5. The average Bonchev–Trinajstić information content (AvgIpc) is 2.48. The van der Waals surface area contributed by atoms with E-state index in [1.54, 1.807) is 6.92 Å². The molecular weight excluding hydrogens is 370 g/mol. The molecule has 0 saturated carbocycles. The predicted molar refractivity (Wildman–Crippen MR) is 87.5 cm³/mol. The number of halogens is 1. The highest BCUT2D eigenvalue weighted by Gasteiger charge is 2.17. The monoisotopic (exact) mass is 379 g/mol. The molecule has 118 valence electrons. The van der Waals surface area contributed by atoms with Crippen LogP contribution in [0.4, 0.5) is 17.1 Å². The third kappa shape index (κ3) is 3.69. The molecule has 9 heteroatoms. The van der Waals surface area contributed by atoms with E-state index in [4.69, 9.17) is 0 Å². The number of aliphatic imine (C=N–C) groups is 1. The number of phenolic OH excluding ortho intramolecular Hbond substituents is 1. The molecule has 0 saturated heterocycles. The number of benzene rings is 2. The van der Waals surface area contributed by atoms with Crippen molar-refractivity contribution < 1.29 is 15.0 Å². The topological polar surface area (TPSA) is 119 Å². The van der Waals surface area contributed by atoms with Crippen molar-refractivity contribution in [3.8, 4) is 5.75 Å². The Morgan fingerprint density at radius 2 is 1.87 bits per heavy atom. The minimum atomic E-state index is -0.700. The Labute approximate surface area is 138 Å². The van der Waals surface area contributed by atoms with Gasteiger partial charge >= 0.3 is 5.69 Å². The lowest BCUT2D eigenvalue weighted by atomic mass is 10.1. The average molecular weight is 380 g/mol. The van der Waals surface area contributed by atoms with Gasteiger partial charge in [0.1, 0.15) is 0 Å². The van der Waals surface area contributed by atoms with E-state index in [9.17, 15) is 25.3 Å². The summed E-state index contributed by atoms with van der Waals surface area (Å²) in [6.07, 6.45) is 1.27. The Kier molecular flexibility index (Phi) is 4.70. The van der Waals surface area contributed by atoms with Crippen molar-refractivity contribution in [3.63, 3.8) is 0 Å². The van der Waals surface area contributed by atoms with Gasteiger partial charge in [-0.1, -0.05) is 15.9 Å².